The van der Waals surface area contributed by atoms with Gasteiger partial charge in [-0.2, -0.15) is 0 Å². The molecule has 0 aliphatic carbocycles. The molecule has 0 spiro atoms. The van der Waals surface area contributed by atoms with Crippen LogP contribution in [0.5, 0.6) is 11.5 Å². The Balaban J connectivity index is 1.46. The third-order valence-electron chi connectivity index (χ3n) is 7.70. The van der Waals surface area contributed by atoms with Crippen LogP contribution in [0.15, 0.2) is 42.5 Å². The molecule has 1 fully saturated rings. The molecular weight excluding hydrogens is 480 g/mol. The normalized spacial score (nSPS) is 21.6. The van der Waals surface area contributed by atoms with Gasteiger partial charge in [0.1, 0.15) is 18.1 Å². The molecule has 38 heavy (non-hydrogen) atoms. The fraction of sp³-hybridized carbons (Fsp3) is 0.613. The predicted molar refractivity (Wildman–Crippen MR) is 152 cm³/mol. The average molecular weight is 527 g/mol. The minimum absolute atomic E-state index is 0.0790. The summed E-state index contributed by atoms with van der Waals surface area (Å²) in [6.45, 7) is 10.0. The molecular formula is C31H46N2O5. The first-order chi connectivity index (χ1) is 18.4. The van der Waals surface area contributed by atoms with Gasteiger partial charge in [0.15, 0.2) is 0 Å². The van der Waals surface area contributed by atoms with E-state index >= 15 is 0 Å². The van der Waals surface area contributed by atoms with Crippen LogP contribution in [0.3, 0.4) is 0 Å². The second-order valence-electron chi connectivity index (χ2n) is 11.4. The minimum Gasteiger partial charge on any atom is -0.497 e. The van der Waals surface area contributed by atoms with Gasteiger partial charge in [-0.05, 0) is 60.1 Å². The molecule has 1 N–H and O–H groups in total. The van der Waals surface area contributed by atoms with Crippen LogP contribution in [0.4, 0.5) is 5.69 Å². The molecule has 0 aromatic heterocycles. The van der Waals surface area contributed by atoms with Crippen LogP contribution >= 0.6 is 0 Å². The lowest BCUT2D eigenvalue weighted by Crippen LogP contribution is -2.48. The van der Waals surface area contributed by atoms with Crippen LogP contribution < -0.4 is 19.7 Å². The van der Waals surface area contributed by atoms with E-state index in [1.54, 1.807) is 21.3 Å². The lowest BCUT2D eigenvalue weighted by atomic mass is 9.78. The van der Waals surface area contributed by atoms with Gasteiger partial charge in [0.25, 0.3) is 0 Å². The van der Waals surface area contributed by atoms with E-state index < -0.39 is 0 Å². The Morgan fingerprint density at radius 2 is 1.87 bits per heavy atom. The molecule has 0 saturated carbocycles. The van der Waals surface area contributed by atoms with Crippen molar-refractivity contribution in [2.24, 2.45) is 5.41 Å². The van der Waals surface area contributed by atoms with Gasteiger partial charge in [0, 0.05) is 45.9 Å². The lowest BCUT2D eigenvalue weighted by Gasteiger charge is -2.40. The summed E-state index contributed by atoms with van der Waals surface area (Å²) in [5, 5.41) is 3.78. The van der Waals surface area contributed by atoms with Gasteiger partial charge in [-0.15, -0.1) is 0 Å². The van der Waals surface area contributed by atoms with Gasteiger partial charge >= 0.3 is 0 Å². The molecule has 210 valence electrons. The van der Waals surface area contributed by atoms with E-state index in [0.29, 0.717) is 18.6 Å². The van der Waals surface area contributed by atoms with Crippen LogP contribution in [0.25, 0.3) is 0 Å². The van der Waals surface area contributed by atoms with E-state index in [9.17, 15) is 0 Å². The third-order valence-corrected chi connectivity index (χ3v) is 7.70. The van der Waals surface area contributed by atoms with Crippen LogP contribution in [-0.2, 0) is 20.8 Å². The summed E-state index contributed by atoms with van der Waals surface area (Å²) in [7, 11) is 5.25. The van der Waals surface area contributed by atoms with Crippen molar-refractivity contribution in [1.29, 1.82) is 0 Å². The Hall–Kier alpha value is -2.32. The fourth-order valence-electron chi connectivity index (χ4n) is 5.86. The summed E-state index contributed by atoms with van der Waals surface area (Å²) in [4.78, 5) is 2.40. The topological polar surface area (TPSA) is 61.4 Å². The number of fused-ring (bicyclic) bond motifs is 1. The van der Waals surface area contributed by atoms with E-state index in [-0.39, 0.29) is 11.5 Å². The standard InChI is InChI=1S/C31H46N2O5/c1-31(2,22-35-4)19-25-18-27(24-8-10-26(36-5)11-9-24)30(20-32-25)38-21-23-7-12-29-28(17-23)33(14-16-37-29)13-6-15-34-3/h7-12,17,25,27,30,32H,6,13-16,18-22H2,1-5H3/t25-,27-,30+/m1/s1. The first-order valence-corrected chi connectivity index (χ1v) is 13.9. The molecule has 3 atom stereocenters. The Kier molecular flexibility index (Phi) is 10.3. The van der Waals surface area contributed by atoms with Crippen molar-refractivity contribution < 1.29 is 23.7 Å². The van der Waals surface area contributed by atoms with Crippen LogP contribution in [-0.4, -0.2) is 72.9 Å². The van der Waals surface area contributed by atoms with Crippen molar-refractivity contribution >= 4 is 5.69 Å². The minimum atomic E-state index is 0.0790. The quantitative estimate of drug-likeness (QED) is 0.368. The summed E-state index contributed by atoms with van der Waals surface area (Å²) < 4.78 is 28.7. The van der Waals surface area contributed by atoms with E-state index in [1.807, 2.05) is 0 Å². The van der Waals surface area contributed by atoms with E-state index in [2.05, 4.69) is 66.5 Å². The average Bonchev–Trinajstić information content (AvgIpc) is 2.92. The number of rotatable bonds is 13. The summed E-state index contributed by atoms with van der Waals surface area (Å²) in [5.41, 5.74) is 3.74. The number of piperidine rings is 1. The van der Waals surface area contributed by atoms with Crippen molar-refractivity contribution in [3.05, 3.63) is 53.6 Å². The number of nitrogens with one attached hydrogen (secondary N) is 1. The number of hydrogen-bond donors (Lipinski definition) is 1. The Labute approximate surface area is 228 Å². The molecule has 2 heterocycles. The molecule has 2 aliphatic heterocycles. The highest BCUT2D eigenvalue weighted by molar-refractivity contribution is 5.61. The van der Waals surface area contributed by atoms with Gasteiger partial charge in [0.05, 0.1) is 38.7 Å². The summed E-state index contributed by atoms with van der Waals surface area (Å²) in [6, 6.07) is 15.4. The van der Waals surface area contributed by atoms with Crippen LogP contribution in [0, 0.1) is 5.41 Å². The highest BCUT2D eigenvalue weighted by Gasteiger charge is 2.35. The second kappa shape index (κ2) is 13.7. The maximum absolute atomic E-state index is 6.65. The smallest absolute Gasteiger partial charge is 0.142 e. The maximum Gasteiger partial charge on any atom is 0.142 e. The third kappa shape index (κ3) is 7.63. The molecule has 2 aliphatic rings. The molecule has 0 amide bonds. The molecule has 0 bridgehead atoms. The van der Waals surface area contributed by atoms with E-state index in [0.717, 1.165) is 75.9 Å². The lowest BCUT2D eigenvalue weighted by molar-refractivity contribution is -0.00353. The fourth-order valence-corrected chi connectivity index (χ4v) is 5.86. The number of benzene rings is 2. The summed E-state index contributed by atoms with van der Waals surface area (Å²) in [6.07, 6.45) is 3.16. The Morgan fingerprint density at radius 3 is 2.61 bits per heavy atom. The molecule has 7 heteroatoms. The molecule has 2 aromatic rings. The maximum atomic E-state index is 6.65. The molecule has 0 unspecified atom stereocenters. The van der Waals surface area contributed by atoms with Crippen molar-refractivity contribution in [3.63, 3.8) is 0 Å². The van der Waals surface area contributed by atoms with Gasteiger partial charge in [-0.1, -0.05) is 32.0 Å². The largest absolute Gasteiger partial charge is 0.497 e. The van der Waals surface area contributed by atoms with Gasteiger partial charge in [-0.3, -0.25) is 0 Å². The first-order valence-electron chi connectivity index (χ1n) is 13.9. The molecule has 4 rings (SSSR count). The monoisotopic (exact) mass is 526 g/mol. The summed E-state index contributed by atoms with van der Waals surface area (Å²) >= 11 is 0. The zero-order chi connectivity index (χ0) is 27.0. The van der Waals surface area contributed by atoms with Crippen molar-refractivity contribution in [3.8, 4) is 11.5 Å². The zero-order valence-corrected chi connectivity index (χ0v) is 23.8. The number of methoxy groups -OCH3 is 3. The van der Waals surface area contributed by atoms with Gasteiger partial charge in [-0.25, -0.2) is 0 Å². The zero-order valence-electron chi connectivity index (χ0n) is 23.8. The molecule has 7 nitrogen and oxygen atoms in total. The molecule has 0 radical (unpaired) electrons. The van der Waals surface area contributed by atoms with E-state index in [4.69, 9.17) is 23.7 Å². The summed E-state index contributed by atoms with van der Waals surface area (Å²) in [5.74, 6) is 2.13. The highest BCUT2D eigenvalue weighted by Crippen LogP contribution is 2.37. The van der Waals surface area contributed by atoms with Gasteiger partial charge < -0.3 is 33.9 Å². The van der Waals surface area contributed by atoms with Gasteiger partial charge in [0.2, 0.25) is 0 Å². The molecule has 1 saturated heterocycles. The van der Waals surface area contributed by atoms with E-state index in [1.165, 1.54) is 11.1 Å². The highest BCUT2D eigenvalue weighted by atomic mass is 16.5. The number of anilines is 1. The van der Waals surface area contributed by atoms with Crippen molar-refractivity contribution in [2.45, 2.75) is 57.8 Å². The number of ether oxygens (including phenoxy) is 5. The SMILES string of the molecule is COCCCN1CCOc2ccc(CO[C@H]3CN[C@@H](CC(C)(C)COC)C[C@@H]3c3ccc(OC)cc3)cc21. The number of hydrogen-bond acceptors (Lipinski definition) is 7. The predicted octanol–water partition coefficient (Wildman–Crippen LogP) is 5.02. The van der Waals surface area contributed by atoms with Crippen molar-refractivity contribution in [1.82, 2.24) is 5.32 Å². The van der Waals surface area contributed by atoms with Crippen LogP contribution in [0.2, 0.25) is 0 Å². The van der Waals surface area contributed by atoms with Crippen molar-refractivity contribution in [2.75, 3.05) is 65.7 Å². The Bertz CT molecular complexity index is 996. The Morgan fingerprint density at radius 1 is 1.05 bits per heavy atom. The molecule has 2 aromatic carbocycles. The first kappa shape index (κ1) is 28.7. The number of nitrogens with zero attached hydrogens (tertiary/aromatic N) is 1. The second-order valence-corrected chi connectivity index (χ2v) is 11.4. The van der Waals surface area contributed by atoms with Crippen LogP contribution in [0.1, 0.15) is 50.2 Å².